The van der Waals surface area contributed by atoms with E-state index in [-0.39, 0.29) is 17.9 Å². The molecule has 0 radical (unpaired) electrons. The number of likely N-dealkylation sites (tertiary alicyclic amines) is 1. The summed E-state index contributed by atoms with van der Waals surface area (Å²) in [5, 5.41) is 7.72. The number of aryl methyl sites for hydroxylation is 3. The first kappa shape index (κ1) is 26.9. The first-order valence-corrected chi connectivity index (χ1v) is 13.4. The minimum atomic E-state index is -0.535. The molecule has 1 N–H and O–H groups in total. The normalized spacial score (nSPS) is 14.5. The van der Waals surface area contributed by atoms with Gasteiger partial charge in [-0.3, -0.25) is 4.79 Å². The van der Waals surface area contributed by atoms with Crippen LogP contribution in [0.3, 0.4) is 0 Å². The fourth-order valence-electron chi connectivity index (χ4n) is 4.57. The van der Waals surface area contributed by atoms with Gasteiger partial charge < -0.3 is 15.0 Å². The summed E-state index contributed by atoms with van der Waals surface area (Å²) >= 11 is 3.51. The first-order chi connectivity index (χ1) is 17.4. The van der Waals surface area contributed by atoms with Gasteiger partial charge >= 0.3 is 6.09 Å². The Bertz CT molecular complexity index is 1320. The number of rotatable bonds is 4. The molecule has 37 heavy (non-hydrogen) atoms. The van der Waals surface area contributed by atoms with Crippen molar-refractivity contribution in [2.45, 2.75) is 65.9 Å². The lowest BCUT2D eigenvalue weighted by Crippen LogP contribution is -2.41. The second kappa shape index (κ2) is 10.7. The maximum atomic E-state index is 13.5. The Hall–Kier alpha value is -3.13. The predicted molar refractivity (Wildman–Crippen MR) is 150 cm³/mol. The van der Waals surface area contributed by atoms with Gasteiger partial charge in [0, 0.05) is 29.2 Å². The molecule has 1 aliphatic heterocycles. The third-order valence-corrected chi connectivity index (χ3v) is 7.63. The van der Waals surface area contributed by atoms with E-state index in [1.165, 1.54) is 5.56 Å². The number of carbonyl (C=O) groups is 2. The molecule has 1 aliphatic rings. The number of benzene rings is 2. The lowest BCUT2D eigenvalue weighted by Gasteiger charge is -2.34. The molecule has 1 aromatic heterocycles. The maximum absolute atomic E-state index is 13.5. The highest BCUT2D eigenvalue weighted by molar-refractivity contribution is 9.10. The topological polar surface area (TPSA) is 76.5 Å². The Balaban J connectivity index is 1.64. The van der Waals surface area contributed by atoms with Crippen LogP contribution in [0.5, 0.6) is 0 Å². The van der Waals surface area contributed by atoms with Crippen molar-refractivity contribution >= 4 is 33.6 Å². The van der Waals surface area contributed by atoms with E-state index in [2.05, 4.69) is 52.3 Å². The van der Waals surface area contributed by atoms with E-state index in [9.17, 15) is 9.59 Å². The monoisotopic (exact) mass is 566 g/mol. The van der Waals surface area contributed by atoms with Crippen molar-refractivity contribution in [2.24, 2.45) is 0 Å². The smallest absolute Gasteiger partial charge is 0.410 e. The standard InChI is InChI=1S/C29H35BrN4O3/c1-18-7-9-23(16-19(18)2)34-26(21-11-13-33(14-12-21)28(36)37-29(4,5)6)24(17-31-34)27(35)32-22-8-10-25(30)20(3)15-22/h7-10,15-17,21H,11-14H2,1-6H3,(H,32,35). The van der Waals surface area contributed by atoms with Crippen LogP contribution in [-0.2, 0) is 4.74 Å². The first-order valence-electron chi connectivity index (χ1n) is 12.6. The molecule has 0 unspecified atom stereocenters. The second-order valence-electron chi connectivity index (χ2n) is 10.8. The lowest BCUT2D eigenvalue weighted by molar-refractivity contribution is 0.0203. The molecule has 0 spiro atoms. The number of hydrogen-bond donors (Lipinski definition) is 1. The summed E-state index contributed by atoms with van der Waals surface area (Å²) in [4.78, 5) is 27.9. The lowest BCUT2D eigenvalue weighted by atomic mass is 9.90. The molecule has 0 atom stereocenters. The average Bonchev–Trinajstić information content (AvgIpc) is 3.27. The fourth-order valence-corrected chi connectivity index (χ4v) is 4.82. The molecule has 0 saturated carbocycles. The van der Waals surface area contributed by atoms with Gasteiger partial charge in [0.2, 0.25) is 0 Å². The molecule has 1 fully saturated rings. The number of amides is 2. The molecular weight excluding hydrogens is 532 g/mol. The number of hydrogen-bond acceptors (Lipinski definition) is 4. The van der Waals surface area contributed by atoms with Crippen LogP contribution in [0.15, 0.2) is 47.1 Å². The Kier molecular flexibility index (Phi) is 7.78. The van der Waals surface area contributed by atoms with Crippen molar-refractivity contribution in [3.63, 3.8) is 0 Å². The number of carbonyl (C=O) groups excluding carboxylic acids is 2. The third-order valence-electron chi connectivity index (χ3n) is 6.74. The fraction of sp³-hybridized carbons (Fsp3) is 0.414. The molecule has 2 aromatic carbocycles. The van der Waals surface area contributed by atoms with Gasteiger partial charge in [-0.25, -0.2) is 9.48 Å². The Morgan fingerprint density at radius 2 is 1.70 bits per heavy atom. The Morgan fingerprint density at radius 3 is 2.32 bits per heavy atom. The van der Waals surface area contributed by atoms with E-state index < -0.39 is 5.60 Å². The van der Waals surface area contributed by atoms with Crippen LogP contribution in [0.4, 0.5) is 10.5 Å². The number of ether oxygens (including phenoxy) is 1. The molecule has 2 amide bonds. The molecular formula is C29H35BrN4O3. The van der Waals surface area contributed by atoms with E-state index in [4.69, 9.17) is 4.74 Å². The van der Waals surface area contributed by atoms with Gasteiger partial charge in [-0.05, 0) is 101 Å². The van der Waals surface area contributed by atoms with Crippen LogP contribution in [0.1, 0.15) is 72.3 Å². The van der Waals surface area contributed by atoms with Crippen LogP contribution >= 0.6 is 15.9 Å². The van der Waals surface area contributed by atoms with Gasteiger partial charge in [0.15, 0.2) is 0 Å². The molecule has 0 bridgehead atoms. The number of halogens is 1. The quantitative estimate of drug-likeness (QED) is 0.371. The van der Waals surface area contributed by atoms with Crippen LogP contribution in [-0.4, -0.2) is 45.4 Å². The zero-order valence-corrected chi connectivity index (χ0v) is 24.0. The molecule has 0 aliphatic carbocycles. The van der Waals surface area contributed by atoms with Gasteiger partial charge in [0.1, 0.15) is 5.60 Å². The Labute approximate surface area is 227 Å². The molecule has 8 heteroatoms. The van der Waals surface area contributed by atoms with Crippen molar-refractivity contribution in [1.29, 1.82) is 0 Å². The summed E-state index contributed by atoms with van der Waals surface area (Å²) in [6.07, 6.45) is 2.80. The zero-order chi connectivity index (χ0) is 26.9. The minimum absolute atomic E-state index is 0.0650. The SMILES string of the molecule is Cc1ccc(-n2ncc(C(=O)Nc3ccc(Br)c(C)c3)c2C2CCN(C(=O)OC(C)(C)C)CC2)cc1C. The van der Waals surface area contributed by atoms with Crippen LogP contribution < -0.4 is 5.32 Å². The number of aromatic nitrogens is 2. The van der Waals surface area contributed by atoms with E-state index in [1.807, 2.05) is 56.6 Å². The van der Waals surface area contributed by atoms with Crippen LogP contribution in [0.25, 0.3) is 5.69 Å². The highest BCUT2D eigenvalue weighted by Crippen LogP contribution is 2.33. The summed E-state index contributed by atoms with van der Waals surface area (Å²) in [6.45, 7) is 12.9. The van der Waals surface area contributed by atoms with E-state index in [1.54, 1.807) is 11.1 Å². The van der Waals surface area contributed by atoms with Crippen molar-refractivity contribution in [2.75, 3.05) is 18.4 Å². The zero-order valence-electron chi connectivity index (χ0n) is 22.4. The number of nitrogens with zero attached hydrogens (tertiary/aromatic N) is 3. The van der Waals surface area contributed by atoms with Crippen LogP contribution in [0, 0.1) is 20.8 Å². The average molecular weight is 568 g/mol. The predicted octanol–water partition coefficient (Wildman–Crippen LogP) is 6.93. The summed E-state index contributed by atoms with van der Waals surface area (Å²) in [5.41, 5.74) is 5.95. The van der Waals surface area contributed by atoms with Gasteiger partial charge in [0.05, 0.1) is 23.1 Å². The minimum Gasteiger partial charge on any atom is -0.444 e. The highest BCUT2D eigenvalue weighted by Gasteiger charge is 2.32. The van der Waals surface area contributed by atoms with Crippen molar-refractivity contribution in [1.82, 2.24) is 14.7 Å². The van der Waals surface area contributed by atoms with Crippen molar-refractivity contribution in [3.8, 4) is 5.69 Å². The van der Waals surface area contributed by atoms with Gasteiger partial charge in [-0.15, -0.1) is 0 Å². The number of nitrogens with one attached hydrogen (secondary N) is 1. The van der Waals surface area contributed by atoms with Gasteiger partial charge in [-0.2, -0.15) is 5.10 Å². The maximum Gasteiger partial charge on any atom is 0.410 e. The van der Waals surface area contributed by atoms with Gasteiger partial charge in [-0.1, -0.05) is 22.0 Å². The Morgan fingerprint density at radius 1 is 1.00 bits per heavy atom. The molecule has 7 nitrogen and oxygen atoms in total. The molecule has 3 aromatic rings. The summed E-state index contributed by atoms with van der Waals surface area (Å²) < 4.78 is 8.45. The summed E-state index contributed by atoms with van der Waals surface area (Å²) in [7, 11) is 0. The van der Waals surface area contributed by atoms with Crippen molar-refractivity contribution in [3.05, 3.63) is 75.0 Å². The summed E-state index contributed by atoms with van der Waals surface area (Å²) in [6, 6.07) is 12.0. The van der Waals surface area contributed by atoms with Gasteiger partial charge in [0.25, 0.3) is 5.91 Å². The highest BCUT2D eigenvalue weighted by atomic mass is 79.9. The third kappa shape index (κ3) is 6.24. The van der Waals surface area contributed by atoms with E-state index >= 15 is 0 Å². The van der Waals surface area contributed by atoms with E-state index in [0.29, 0.717) is 31.5 Å². The van der Waals surface area contributed by atoms with E-state index in [0.717, 1.165) is 32.7 Å². The molecule has 4 rings (SSSR count). The largest absolute Gasteiger partial charge is 0.444 e. The molecule has 196 valence electrons. The molecule has 1 saturated heterocycles. The molecule has 2 heterocycles. The number of anilines is 1. The second-order valence-corrected chi connectivity index (χ2v) is 11.6. The number of piperidine rings is 1. The van der Waals surface area contributed by atoms with Crippen LogP contribution in [0.2, 0.25) is 0 Å². The van der Waals surface area contributed by atoms with Crippen molar-refractivity contribution < 1.29 is 14.3 Å². The summed E-state index contributed by atoms with van der Waals surface area (Å²) in [5.74, 6) is -0.128.